The number of aliphatic hydroxyl groups is 1. The SMILES string of the molecule is CC(C)c1ccc(CN[C@H](CCO)c2ccccc2)cc1. The molecular formula is C19H25NO. The molecule has 2 aromatic rings. The summed E-state index contributed by atoms with van der Waals surface area (Å²) < 4.78 is 0. The first-order valence-electron chi connectivity index (χ1n) is 7.68. The van der Waals surface area contributed by atoms with E-state index in [0.717, 1.165) is 13.0 Å². The summed E-state index contributed by atoms with van der Waals surface area (Å²) >= 11 is 0. The Bertz CT molecular complexity index is 519. The van der Waals surface area contributed by atoms with Gasteiger partial charge in [0.25, 0.3) is 0 Å². The van der Waals surface area contributed by atoms with Gasteiger partial charge in [0.05, 0.1) is 0 Å². The maximum Gasteiger partial charge on any atom is 0.0449 e. The van der Waals surface area contributed by atoms with Crippen LogP contribution in [0.3, 0.4) is 0 Å². The van der Waals surface area contributed by atoms with E-state index in [-0.39, 0.29) is 12.6 Å². The van der Waals surface area contributed by atoms with E-state index in [4.69, 9.17) is 0 Å². The first kappa shape index (κ1) is 15.7. The van der Waals surface area contributed by atoms with Crippen LogP contribution in [0.5, 0.6) is 0 Å². The van der Waals surface area contributed by atoms with Gasteiger partial charge in [-0.15, -0.1) is 0 Å². The Hall–Kier alpha value is -1.64. The number of aliphatic hydroxyl groups excluding tert-OH is 1. The summed E-state index contributed by atoms with van der Waals surface area (Å²) in [5, 5.41) is 12.8. The molecule has 2 N–H and O–H groups in total. The van der Waals surface area contributed by atoms with Gasteiger partial charge in [-0.3, -0.25) is 0 Å². The third-order valence-corrected chi connectivity index (χ3v) is 3.82. The van der Waals surface area contributed by atoms with Crippen LogP contribution in [-0.4, -0.2) is 11.7 Å². The molecule has 2 heteroatoms. The van der Waals surface area contributed by atoms with Gasteiger partial charge in [0.15, 0.2) is 0 Å². The van der Waals surface area contributed by atoms with Crippen molar-refractivity contribution in [2.45, 2.75) is 38.8 Å². The molecule has 0 aliphatic carbocycles. The number of hydrogen-bond donors (Lipinski definition) is 2. The lowest BCUT2D eigenvalue weighted by Crippen LogP contribution is -2.22. The summed E-state index contributed by atoms with van der Waals surface area (Å²) in [6.07, 6.45) is 0.730. The third kappa shape index (κ3) is 4.69. The van der Waals surface area contributed by atoms with Gasteiger partial charge in [0.1, 0.15) is 0 Å². The molecule has 0 unspecified atom stereocenters. The summed E-state index contributed by atoms with van der Waals surface area (Å²) in [6, 6.07) is 19.3. The fourth-order valence-corrected chi connectivity index (χ4v) is 2.46. The maximum absolute atomic E-state index is 9.25. The topological polar surface area (TPSA) is 32.3 Å². The van der Waals surface area contributed by atoms with Crippen molar-refractivity contribution < 1.29 is 5.11 Å². The van der Waals surface area contributed by atoms with Crippen LogP contribution in [-0.2, 0) is 6.54 Å². The van der Waals surface area contributed by atoms with Gasteiger partial charge in [-0.2, -0.15) is 0 Å². The molecule has 0 aliphatic heterocycles. The van der Waals surface area contributed by atoms with Crippen molar-refractivity contribution >= 4 is 0 Å². The van der Waals surface area contributed by atoms with Gasteiger partial charge in [0, 0.05) is 19.2 Å². The molecule has 2 aromatic carbocycles. The standard InChI is InChI=1S/C19H25NO/c1-15(2)17-10-8-16(9-11-17)14-20-19(12-13-21)18-6-4-3-5-7-18/h3-11,15,19-21H,12-14H2,1-2H3/t19-/m1/s1. The van der Waals surface area contributed by atoms with Crippen LogP contribution in [0, 0.1) is 0 Å². The zero-order valence-corrected chi connectivity index (χ0v) is 12.9. The first-order chi connectivity index (χ1) is 10.2. The van der Waals surface area contributed by atoms with Gasteiger partial charge >= 0.3 is 0 Å². The summed E-state index contributed by atoms with van der Waals surface area (Å²) in [7, 11) is 0. The van der Waals surface area contributed by atoms with Crippen molar-refractivity contribution in [2.75, 3.05) is 6.61 Å². The van der Waals surface area contributed by atoms with Crippen molar-refractivity contribution in [3.05, 3.63) is 71.3 Å². The molecule has 2 nitrogen and oxygen atoms in total. The van der Waals surface area contributed by atoms with E-state index in [1.165, 1.54) is 16.7 Å². The third-order valence-electron chi connectivity index (χ3n) is 3.82. The van der Waals surface area contributed by atoms with Crippen molar-refractivity contribution in [2.24, 2.45) is 0 Å². The van der Waals surface area contributed by atoms with Crippen LogP contribution < -0.4 is 5.32 Å². The largest absolute Gasteiger partial charge is 0.396 e. The summed E-state index contributed by atoms with van der Waals surface area (Å²) in [6.45, 7) is 5.43. The van der Waals surface area contributed by atoms with E-state index in [0.29, 0.717) is 5.92 Å². The fourth-order valence-electron chi connectivity index (χ4n) is 2.46. The number of nitrogens with one attached hydrogen (secondary N) is 1. The highest BCUT2D eigenvalue weighted by Gasteiger charge is 2.10. The monoisotopic (exact) mass is 283 g/mol. The van der Waals surface area contributed by atoms with Gasteiger partial charge < -0.3 is 10.4 Å². The van der Waals surface area contributed by atoms with Gasteiger partial charge in [-0.25, -0.2) is 0 Å². The molecule has 0 aliphatic rings. The molecular weight excluding hydrogens is 258 g/mol. The van der Waals surface area contributed by atoms with Crippen LogP contribution in [0.1, 0.15) is 48.9 Å². The molecule has 2 rings (SSSR count). The van der Waals surface area contributed by atoms with Crippen LogP contribution >= 0.6 is 0 Å². The molecule has 1 atom stereocenters. The zero-order chi connectivity index (χ0) is 15.1. The Morgan fingerprint density at radius 3 is 2.14 bits per heavy atom. The van der Waals surface area contributed by atoms with E-state index in [1.807, 2.05) is 18.2 Å². The summed E-state index contributed by atoms with van der Waals surface area (Å²) in [5.74, 6) is 0.568. The Balaban J connectivity index is 1.98. The van der Waals surface area contributed by atoms with Crippen molar-refractivity contribution in [3.63, 3.8) is 0 Å². The molecule has 0 amide bonds. The lowest BCUT2D eigenvalue weighted by Gasteiger charge is -2.18. The number of benzene rings is 2. The molecule has 0 bridgehead atoms. The Labute approximate surface area is 127 Å². The molecule has 0 fully saturated rings. The highest BCUT2D eigenvalue weighted by molar-refractivity contribution is 5.25. The number of hydrogen-bond acceptors (Lipinski definition) is 2. The lowest BCUT2D eigenvalue weighted by molar-refractivity contribution is 0.265. The Morgan fingerprint density at radius 1 is 0.905 bits per heavy atom. The van der Waals surface area contributed by atoms with E-state index in [9.17, 15) is 5.11 Å². The second kappa shape index (κ2) is 7.96. The Morgan fingerprint density at radius 2 is 1.57 bits per heavy atom. The molecule has 0 saturated carbocycles. The minimum Gasteiger partial charge on any atom is -0.396 e. The molecule has 0 heterocycles. The molecule has 0 aromatic heterocycles. The molecule has 0 radical (unpaired) electrons. The van der Waals surface area contributed by atoms with Crippen molar-refractivity contribution in [3.8, 4) is 0 Å². The fraction of sp³-hybridized carbons (Fsp3) is 0.368. The zero-order valence-electron chi connectivity index (χ0n) is 12.9. The van der Waals surface area contributed by atoms with Crippen LogP contribution in [0.15, 0.2) is 54.6 Å². The predicted molar refractivity (Wildman–Crippen MR) is 88.3 cm³/mol. The average molecular weight is 283 g/mol. The molecule has 0 spiro atoms. The smallest absolute Gasteiger partial charge is 0.0449 e. The van der Waals surface area contributed by atoms with Gasteiger partial charge in [0.2, 0.25) is 0 Å². The van der Waals surface area contributed by atoms with Gasteiger partial charge in [-0.05, 0) is 29.0 Å². The quantitative estimate of drug-likeness (QED) is 0.804. The van der Waals surface area contributed by atoms with Crippen LogP contribution in [0.4, 0.5) is 0 Å². The van der Waals surface area contributed by atoms with E-state index < -0.39 is 0 Å². The Kier molecular flexibility index (Phi) is 5.97. The minimum absolute atomic E-state index is 0.193. The highest BCUT2D eigenvalue weighted by Crippen LogP contribution is 2.18. The second-order valence-electron chi connectivity index (χ2n) is 5.75. The minimum atomic E-state index is 0.193. The van der Waals surface area contributed by atoms with Crippen molar-refractivity contribution in [1.82, 2.24) is 5.32 Å². The summed E-state index contributed by atoms with van der Waals surface area (Å²) in [4.78, 5) is 0. The normalized spacial score (nSPS) is 12.6. The maximum atomic E-state index is 9.25. The van der Waals surface area contributed by atoms with E-state index in [1.54, 1.807) is 0 Å². The summed E-state index contributed by atoms with van der Waals surface area (Å²) in [5.41, 5.74) is 3.87. The predicted octanol–water partition coefficient (Wildman–Crippen LogP) is 4.02. The van der Waals surface area contributed by atoms with Crippen LogP contribution in [0.25, 0.3) is 0 Å². The van der Waals surface area contributed by atoms with Crippen LogP contribution in [0.2, 0.25) is 0 Å². The molecule has 21 heavy (non-hydrogen) atoms. The lowest BCUT2D eigenvalue weighted by atomic mass is 10.0. The van der Waals surface area contributed by atoms with Gasteiger partial charge in [-0.1, -0.05) is 68.4 Å². The number of rotatable bonds is 7. The highest BCUT2D eigenvalue weighted by atomic mass is 16.3. The second-order valence-corrected chi connectivity index (χ2v) is 5.75. The van der Waals surface area contributed by atoms with E-state index in [2.05, 4.69) is 55.6 Å². The molecule has 0 saturated heterocycles. The van der Waals surface area contributed by atoms with E-state index >= 15 is 0 Å². The average Bonchev–Trinajstić information content (AvgIpc) is 2.52. The first-order valence-corrected chi connectivity index (χ1v) is 7.68. The van der Waals surface area contributed by atoms with Crippen molar-refractivity contribution in [1.29, 1.82) is 0 Å². The molecule has 112 valence electrons.